The fourth-order valence-electron chi connectivity index (χ4n) is 3.89. The van der Waals surface area contributed by atoms with Crippen molar-refractivity contribution in [2.75, 3.05) is 37.5 Å². The van der Waals surface area contributed by atoms with Crippen molar-refractivity contribution in [2.45, 2.75) is 12.8 Å². The third-order valence-electron chi connectivity index (χ3n) is 5.39. The summed E-state index contributed by atoms with van der Waals surface area (Å²) in [6.45, 7) is 0.143. The number of hydrogen-bond donors (Lipinski definition) is 1. The lowest BCUT2D eigenvalue weighted by atomic mass is 10.0. The second-order valence-electron chi connectivity index (χ2n) is 8.23. The van der Waals surface area contributed by atoms with Crippen molar-refractivity contribution >= 4 is 40.5 Å². The van der Waals surface area contributed by atoms with E-state index in [0.717, 1.165) is 35.3 Å². The molecule has 0 fully saturated rings. The molecule has 7 heteroatoms. The number of likely N-dealkylation sites (N-methyl/N-ethyl adjacent to an activating group) is 1. The lowest BCUT2D eigenvalue weighted by Crippen LogP contribution is -2.35. The number of hydrogen-bond acceptors (Lipinski definition) is 4. The minimum atomic E-state index is -0.287. The third kappa shape index (κ3) is 5.53. The first-order chi connectivity index (χ1) is 15.9. The number of carbonyl (C=O) groups is 2. The highest BCUT2D eigenvalue weighted by Gasteiger charge is 2.26. The Bertz CT molecular complexity index is 1160. The number of benzene rings is 3. The molecule has 0 atom stereocenters. The number of rotatable bonds is 6. The fraction of sp³-hybridized carbons (Fsp3) is 0.231. The van der Waals surface area contributed by atoms with E-state index in [4.69, 9.17) is 16.3 Å². The zero-order valence-electron chi connectivity index (χ0n) is 18.7. The summed E-state index contributed by atoms with van der Waals surface area (Å²) in [4.78, 5) is 29.4. The molecule has 2 amide bonds. The maximum atomic E-state index is 13.3. The van der Waals surface area contributed by atoms with Gasteiger partial charge in [0.15, 0.2) is 6.61 Å². The largest absolute Gasteiger partial charge is 0.484 e. The molecule has 33 heavy (non-hydrogen) atoms. The standard InChI is InChI=1S/C26H26ClN3O3/c1-29(2)16-26(32)30-23-6-4-3-5-18(23)7-8-19-9-12-21(15-24(19)30)28-25(31)17-33-22-13-10-20(27)11-14-22/h3-6,9-15H,7-8,16-17H2,1-2H3,(H,28,31). The summed E-state index contributed by atoms with van der Waals surface area (Å²) in [5.74, 6) is 0.254. The maximum absolute atomic E-state index is 13.3. The first-order valence-corrected chi connectivity index (χ1v) is 11.2. The number of nitrogens with one attached hydrogen (secondary N) is 1. The van der Waals surface area contributed by atoms with Gasteiger partial charge in [-0.15, -0.1) is 0 Å². The Hall–Kier alpha value is -3.35. The van der Waals surface area contributed by atoms with E-state index in [-0.39, 0.29) is 25.0 Å². The highest BCUT2D eigenvalue weighted by Crippen LogP contribution is 2.37. The molecular weight excluding hydrogens is 438 g/mol. The molecule has 0 bridgehead atoms. The Balaban J connectivity index is 1.57. The molecule has 0 unspecified atom stereocenters. The molecule has 6 nitrogen and oxygen atoms in total. The molecular formula is C26H26ClN3O3. The molecule has 0 saturated carbocycles. The van der Waals surface area contributed by atoms with Gasteiger partial charge in [-0.05, 0) is 80.5 Å². The van der Waals surface area contributed by atoms with Crippen LogP contribution in [0.3, 0.4) is 0 Å². The molecule has 170 valence electrons. The molecule has 3 aromatic rings. The van der Waals surface area contributed by atoms with Gasteiger partial charge in [0, 0.05) is 10.7 Å². The molecule has 1 N–H and O–H groups in total. The van der Waals surface area contributed by atoms with Gasteiger partial charge in [0.25, 0.3) is 5.91 Å². The van der Waals surface area contributed by atoms with Gasteiger partial charge in [-0.1, -0.05) is 35.9 Å². The van der Waals surface area contributed by atoms with Crippen LogP contribution in [0.4, 0.5) is 17.1 Å². The molecule has 4 rings (SSSR count). The van der Waals surface area contributed by atoms with E-state index >= 15 is 0 Å². The lowest BCUT2D eigenvalue weighted by Gasteiger charge is -2.27. The van der Waals surface area contributed by atoms with Crippen molar-refractivity contribution in [3.63, 3.8) is 0 Å². The van der Waals surface area contributed by atoms with Crippen LogP contribution in [0.5, 0.6) is 5.75 Å². The van der Waals surface area contributed by atoms with Crippen LogP contribution in [0, 0.1) is 0 Å². The second kappa shape index (κ2) is 10.1. The van der Waals surface area contributed by atoms with Crippen molar-refractivity contribution in [1.82, 2.24) is 4.90 Å². The predicted octanol–water partition coefficient (Wildman–Crippen LogP) is 4.68. The SMILES string of the molecule is CN(C)CC(=O)N1c2ccccc2CCc2ccc(NC(=O)COc3ccc(Cl)cc3)cc21. The van der Waals surface area contributed by atoms with E-state index in [1.165, 1.54) is 0 Å². The molecule has 0 aliphatic carbocycles. The minimum Gasteiger partial charge on any atom is -0.484 e. The van der Waals surface area contributed by atoms with Crippen molar-refractivity contribution in [3.8, 4) is 5.75 Å². The van der Waals surface area contributed by atoms with Gasteiger partial charge in [0.2, 0.25) is 5.91 Å². The molecule has 1 aliphatic heterocycles. The summed E-state index contributed by atoms with van der Waals surface area (Å²) in [6.07, 6.45) is 1.65. The number of nitrogens with zero attached hydrogens (tertiary/aromatic N) is 2. The van der Waals surface area contributed by atoms with Crippen LogP contribution in [-0.4, -0.2) is 44.0 Å². The average molecular weight is 464 g/mol. The van der Waals surface area contributed by atoms with E-state index in [1.54, 1.807) is 29.2 Å². The van der Waals surface area contributed by atoms with E-state index in [0.29, 0.717) is 16.5 Å². The first kappa shape index (κ1) is 22.8. The van der Waals surface area contributed by atoms with Gasteiger partial charge in [0.05, 0.1) is 17.9 Å². The monoisotopic (exact) mass is 463 g/mol. The predicted molar refractivity (Wildman–Crippen MR) is 132 cm³/mol. The maximum Gasteiger partial charge on any atom is 0.262 e. The van der Waals surface area contributed by atoms with E-state index in [9.17, 15) is 9.59 Å². The van der Waals surface area contributed by atoms with Crippen LogP contribution in [0.2, 0.25) is 5.02 Å². The van der Waals surface area contributed by atoms with E-state index in [2.05, 4.69) is 11.4 Å². The smallest absolute Gasteiger partial charge is 0.262 e. The molecule has 0 spiro atoms. The number of anilines is 3. The van der Waals surface area contributed by atoms with Crippen LogP contribution < -0.4 is 15.0 Å². The number of fused-ring (bicyclic) bond motifs is 2. The molecule has 1 aliphatic rings. The van der Waals surface area contributed by atoms with Crippen LogP contribution in [-0.2, 0) is 22.4 Å². The summed E-state index contributed by atoms with van der Waals surface area (Å²) in [7, 11) is 3.75. The Kier molecular flexibility index (Phi) is 6.96. The number of halogens is 1. The fourth-order valence-corrected chi connectivity index (χ4v) is 4.01. The van der Waals surface area contributed by atoms with E-state index < -0.39 is 0 Å². The first-order valence-electron chi connectivity index (χ1n) is 10.8. The second-order valence-corrected chi connectivity index (χ2v) is 8.67. The summed E-state index contributed by atoms with van der Waals surface area (Å²) in [6, 6.07) is 20.5. The van der Waals surface area contributed by atoms with Gasteiger partial charge >= 0.3 is 0 Å². The summed E-state index contributed by atoms with van der Waals surface area (Å²) < 4.78 is 5.54. The van der Waals surface area contributed by atoms with Crippen molar-refractivity contribution in [2.24, 2.45) is 0 Å². The van der Waals surface area contributed by atoms with Gasteiger partial charge in [-0.25, -0.2) is 0 Å². The van der Waals surface area contributed by atoms with Crippen molar-refractivity contribution < 1.29 is 14.3 Å². The topological polar surface area (TPSA) is 61.9 Å². The average Bonchev–Trinajstić information content (AvgIpc) is 2.95. The third-order valence-corrected chi connectivity index (χ3v) is 5.64. The van der Waals surface area contributed by atoms with E-state index in [1.807, 2.05) is 55.4 Å². The highest BCUT2D eigenvalue weighted by molar-refractivity contribution is 6.30. The van der Waals surface area contributed by atoms with Crippen LogP contribution >= 0.6 is 11.6 Å². The summed E-state index contributed by atoms with van der Waals surface area (Å²) in [5, 5.41) is 3.48. The number of aryl methyl sites for hydroxylation is 2. The highest BCUT2D eigenvalue weighted by atomic mass is 35.5. The van der Waals surface area contributed by atoms with Crippen LogP contribution in [0.15, 0.2) is 66.7 Å². The zero-order chi connectivity index (χ0) is 23.4. The molecule has 0 radical (unpaired) electrons. The minimum absolute atomic E-state index is 0.0230. The van der Waals surface area contributed by atoms with Crippen molar-refractivity contribution in [1.29, 1.82) is 0 Å². The van der Waals surface area contributed by atoms with Gasteiger partial charge in [-0.3, -0.25) is 14.5 Å². The summed E-state index contributed by atoms with van der Waals surface area (Å²) in [5.41, 5.74) is 4.48. The molecule has 0 aromatic heterocycles. The van der Waals surface area contributed by atoms with Gasteiger partial charge in [-0.2, -0.15) is 0 Å². The zero-order valence-corrected chi connectivity index (χ0v) is 19.4. The van der Waals surface area contributed by atoms with Gasteiger partial charge < -0.3 is 15.0 Å². The number of ether oxygens (including phenoxy) is 1. The van der Waals surface area contributed by atoms with Crippen LogP contribution in [0.1, 0.15) is 11.1 Å². The summed E-state index contributed by atoms with van der Waals surface area (Å²) >= 11 is 5.88. The number of carbonyl (C=O) groups excluding carboxylic acids is 2. The van der Waals surface area contributed by atoms with Crippen molar-refractivity contribution in [3.05, 3.63) is 82.9 Å². The Morgan fingerprint density at radius 2 is 1.67 bits per heavy atom. The Morgan fingerprint density at radius 1 is 0.970 bits per heavy atom. The number of para-hydroxylation sites is 1. The molecule has 3 aromatic carbocycles. The Morgan fingerprint density at radius 3 is 2.39 bits per heavy atom. The van der Waals surface area contributed by atoms with Crippen LogP contribution in [0.25, 0.3) is 0 Å². The normalized spacial score (nSPS) is 12.5. The number of amides is 2. The quantitative estimate of drug-likeness (QED) is 0.576. The van der Waals surface area contributed by atoms with Gasteiger partial charge in [0.1, 0.15) is 5.75 Å². The molecule has 0 saturated heterocycles. The lowest BCUT2D eigenvalue weighted by molar-refractivity contribution is -0.119. The Labute approximate surface area is 198 Å². The molecule has 1 heterocycles.